The van der Waals surface area contributed by atoms with Gasteiger partial charge in [-0.25, -0.2) is 0 Å². The Morgan fingerprint density at radius 2 is 2.62 bits per heavy atom. The zero-order valence-electron chi connectivity index (χ0n) is 9.44. The Morgan fingerprint density at radius 1 is 1.75 bits per heavy atom. The zero-order valence-corrected chi connectivity index (χ0v) is 9.44. The highest BCUT2D eigenvalue weighted by Crippen LogP contribution is 2.06. The summed E-state index contributed by atoms with van der Waals surface area (Å²) in [5.41, 5.74) is 0.799. The first kappa shape index (κ1) is 11.1. The molecule has 0 bridgehead atoms. The molecule has 6 heteroatoms. The number of nitrogens with zero attached hydrogens (tertiary/aromatic N) is 3. The van der Waals surface area contributed by atoms with E-state index >= 15 is 0 Å². The molecule has 1 aromatic rings. The van der Waals surface area contributed by atoms with Crippen molar-refractivity contribution in [2.24, 2.45) is 0 Å². The third-order valence-corrected chi connectivity index (χ3v) is 2.67. The van der Waals surface area contributed by atoms with Crippen LogP contribution in [0.2, 0.25) is 0 Å². The molecule has 0 radical (unpaired) electrons. The first-order valence-electron chi connectivity index (χ1n) is 5.61. The number of aromatic nitrogens is 3. The Kier molecular flexibility index (Phi) is 3.51. The van der Waals surface area contributed by atoms with Crippen LogP contribution in [0.3, 0.4) is 0 Å². The maximum Gasteiger partial charge on any atom is 0.217 e. The lowest BCUT2D eigenvalue weighted by Gasteiger charge is -2.08. The molecule has 16 heavy (non-hydrogen) atoms. The molecule has 1 aliphatic heterocycles. The van der Waals surface area contributed by atoms with E-state index in [1.807, 2.05) is 10.9 Å². The highest BCUT2D eigenvalue weighted by atomic mass is 16.1. The molecule has 0 saturated carbocycles. The van der Waals surface area contributed by atoms with E-state index in [0.717, 1.165) is 18.8 Å². The van der Waals surface area contributed by atoms with Gasteiger partial charge in [-0.05, 0) is 19.4 Å². The molecular weight excluding hydrogens is 206 g/mol. The minimum atomic E-state index is -0.0491. The van der Waals surface area contributed by atoms with Gasteiger partial charge >= 0.3 is 0 Å². The lowest BCUT2D eigenvalue weighted by molar-refractivity contribution is -0.119. The molecule has 1 aromatic heterocycles. The fraction of sp³-hybridized carbons (Fsp3) is 0.700. The maximum absolute atomic E-state index is 10.7. The van der Waals surface area contributed by atoms with Crippen molar-refractivity contribution in [2.45, 2.75) is 38.9 Å². The van der Waals surface area contributed by atoms with E-state index in [0.29, 0.717) is 12.6 Å². The molecule has 0 aliphatic carbocycles. The van der Waals surface area contributed by atoms with E-state index in [9.17, 15) is 4.79 Å². The Balaban J connectivity index is 1.84. The van der Waals surface area contributed by atoms with Crippen molar-refractivity contribution in [3.63, 3.8) is 0 Å². The summed E-state index contributed by atoms with van der Waals surface area (Å²) in [6, 6.07) is 0.510. The zero-order chi connectivity index (χ0) is 11.4. The van der Waals surface area contributed by atoms with Gasteiger partial charge in [-0.2, -0.15) is 0 Å². The summed E-state index contributed by atoms with van der Waals surface area (Å²) in [7, 11) is 0. The first-order valence-corrected chi connectivity index (χ1v) is 5.61. The quantitative estimate of drug-likeness (QED) is 0.733. The largest absolute Gasteiger partial charge is 0.351 e. The third-order valence-electron chi connectivity index (χ3n) is 2.67. The molecule has 1 fully saturated rings. The van der Waals surface area contributed by atoms with Crippen LogP contribution >= 0.6 is 0 Å². The number of hydrogen-bond donors (Lipinski definition) is 2. The van der Waals surface area contributed by atoms with Crippen LogP contribution in [0, 0.1) is 0 Å². The second kappa shape index (κ2) is 5.07. The SMILES string of the molecule is CC(=O)NCc1cn(C[C@H]2CCCN2)nn1. The Morgan fingerprint density at radius 3 is 3.31 bits per heavy atom. The second-order valence-electron chi connectivity index (χ2n) is 4.13. The summed E-state index contributed by atoms with van der Waals surface area (Å²) in [4.78, 5) is 10.7. The van der Waals surface area contributed by atoms with Crippen molar-refractivity contribution in [3.05, 3.63) is 11.9 Å². The average Bonchev–Trinajstić information content (AvgIpc) is 2.87. The predicted octanol–water partition coefficient (Wildman–Crippen LogP) is -0.334. The monoisotopic (exact) mass is 223 g/mol. The molecule has 88 valence electrons. The number of nitrogens with one attached hydrogen (secondary N) is 2. The van der Waals surface area contributed by atoms with Gasteiger partial charge in [0, 0.05) is 13.0 Å². The molecule has 1 aliphatic rings. The molecule has 1 saturated heterocycles. The Hall–Kier alpha value is -1.43. The van der Waals surface area contributed by atoms with Gasteiger partial charge in [-0.1, -0.05) is 5.21 Å². The molecule has 2 heterocycles. The number of carbonyl (C=O) groups is 1. The van der Waals surface area contributed by atoms with Crippen LogP contribution in [-0.2, 0) is 17.9 Å². The van der Waals surface area contributed by atoms with Gasteiger partial charge in [-0.3, -0.25) is 9.48 Å². The number of amides is 1. The van der Waals surface area contributed by atoms with Crippen molar-refractivity contribution in [1.29, 1.82) is 0 Å². The van der Waals surface area contributed by atoms with E-state index < -0.39 is 0 Å². The van der Waals surface area contributed by atoms with Gasteiger partial charge < -0.3 is 10.6 Å². The minimum absolute atomic E-state index is 0.0491. The topological polar surface area (TPSA) is 71.8 Å². The van der Waals surface area contributed by atoms with Gasteiger partial charge in [0.1, 0.15) is 5.69 Å². The summed E-state index contributed by atoms with van der Waals surface area (Å²) < 4.78 is 1.83. The van der Waals surface area contributed by atoms with Crippen LogP contribution in [0.1, 0.15) is 25.5 Å². The predicted molar refractivity (Wildman–Crippen MR) is 58.6 cm³/mol. The van der Waals surface area contributed by atoms with Crippen LogP contribution in [0.15, 0.2) is 6.20 Å². The number of carbonyl (C=O) groups excluding carboxylic acids is 1. The normalized spacial score (nSPS) is 19.9. The second-order valence-corrected chi connectivity index (χ2v) is 4.13. The van der Waals surface area contributed by atoms with Gasteiger partial charge in [-0.15, -0.1) is 5.10 Å². The molecule has 0 spiro atoms. The van der Waals surface area contributed by atoms with Crippen LogP contribution < -0.4 is 10.6 Å². The molecular formula is C10H17N5O. The summed E-state index contributed by atoms with van der Waals surface area (Å²) in [6.45, 7) is 3.89. The lowest BCUT2D eigenvalue weighted by atomic mass is 10.2. The first-order chi connectivity index (χ1) is 7.74. The molecule has 2 rings (SSSR count). The molecule has 0 unspecified atom stereocenters. The molecule has 2 N–H and O–H groups in total. The molecule has 1 atom stereocenters. The van der Waals surface area contributed by atoms with Crippen molar-refractivity contribution in [3.8, 4) is 0 Å². The van der Waals surface area contributed by atoms with Crippen LogP contribution in [0.25, 0.3) is 0 Å². The van der Waals surface area contributed by atoms with Crippen molar-refractivity contribution >= 4 is 5.91 Å². The number of hydrogen-bond acceptors (Lipinski definition) is 4. The lowest BCUT2D eigenvalue weighted by Crippen LogP contribution is -2.26. The minimum Gasteiger partial charge on any atom is -0.351 e. The van der Waals surface area contributed by atoms with E-state index in [4.69, 9.17) is 0 Å². The number of rotatable bonds is 4. The van der Waals surface area contributed by atoms with E-state index in [1.54, 1.807) is 0 Å². The van der Waals surface area contributed by atoms with Crippen molar-refractivity contribution < 1.29 is 4.79 Å². The van der Waals surface area contributed by atoms with E-state index in [-0.39, 0.29) is 5.91 Å². The van der Waals surface area contributed by atoms with Crippen molar-refractivity contribution in [1.82, 2.24) is 25.6 Å². The molecule has 1 amide bonds. The standard InChI is InChI=1S/C10H17N5O/c1-8(16)12-5-10-7-15(14-13-10)6-9-3-2-4-11-9/h7,9,11H,2-6H2,1H3,(H,12,16)/t9-/m1/s1. The fourth-order valence-electron chi connectivity index (χ4n) is 1.86. The smallest absolute Gasteiger partial charge is 0.217 e. The van der Waals surface area contributed by atoms with Gasteiger partial charge in [0.15, 0.2) is 0 Å². The van der Waals surface area contributed by atoms with Crippen molar-refractivity contribution in [2.75, 3.05) is 6.54 Å². The fourth-order valence-corrected chi connectivity index (χ4v) is 1.86. The van der Waals surface area contributed by atoms with E-state index in [2.05, 4.69) is 20.9 Å². The highest BCUT2D eigenvalue weighted by molar-refractivity contribution is 5.72. The Labute approximate surface area is 94.4 Å². The van der Waals surface area contributed by atoms with Crippen LogP contribution in [0.5, 0.6) is 0 Å². The van der Waals surface area contributed by atoms with Crippen LogP contribution in [0.4, 0.5) is 0 Å². The summed E-state index contributed by atoms with van der Waals surface area (Å²) in [5, 5.41) is 14.1. The van der Waals surface area contributed by atoms with Crippen LogP contribution in [-0.4, -0.2) is 33.5 Å². The molecule has 0 aromatic carbocycles. The maximum atomic E-state index is 10.7. The van der Waals surface area contributed by atoms with Gasteiger partial charge in [0.05, 0.1) is 19.3 Å². The third kappa shape index (κ3) is 3.03. The molecule has 6 nitrogen and oxygen atoms in total. The summed E-state index contributed by atoms with van der Waals surface area (Å²) in [6.07, 6.45) is 4.31. The average molecular weight is 223 g/mol. The van der Waals surface area contributed by atoms with Gasteiger partial charge in [0.2, 0.25) is 5.91 Å². The summed E-state index contributed by atoms with van der Waals surface area (Å²) in [5.74, 6) is -0.0491. The summed E-state index contributed by atoms with van der Waals surface area (Å²) >= 11 is 0. The van der Waals surface area contributed by atoms with Gasteiger partial charge in [0.25, 0.3) is 0 Å². The van der Waals surface area contributed by atoms with E-state index in [1.165, 1.54) is 19.8 Å². The highest BCUT2D eigenvalue weighted by Gasteiger charge is 2.15. The Bertz CT molecular complexity index is 356.